The summed E-state index contributed by atoms with van der Waals surface area (Å²) in [5, 5.41) is 10.1. The summed E-state index contributed by atoms with van der Waals surface area (Å²) in [6.07, 6.45) is 0. The number of benzene rings is 1. The Morgan fingerprint density at radius 3 is 2.73 bits per heavy atom. The minimum absolute atomic E-state index is 0.200. The average Bonchev–Trinajstić information content (AvgIpc) is 2.58. The Hall–Kier alpha value is -1.22. The summed E-state index contributed by atoms with van der Waals surface area (Å²) in [5.41, 5.74) is 2.19. The molecule has 3 nitrogen and oxygen atoms in total. The lowest BCUT2D eigenvalue weighted by atomic mass is 10.2. The van der Waals surface area contributed by atoms with Crippen LogP contribution in [0.5, 0.6) is 5.75 Å². The van der Waals surface area contributed by atoms with Gasteiger partial charge in [0.25, 0.3) is 0 Å². The highest BCUT2D eigenvalue weighted by molar-refractivity contribution is 6.36. The molecule has 1 heterocycles. The second-order valence-electron chi connectivity index (χ2n) is 4.01. The molecule has 2 aromatic rings. The largest absolute Gasteiger partial charge is 0.508 e. The van der Waals surface area contributed by atoms with Gasteiger partial charge in [-0.15, -0.1) is 0 Å². The predicted molar refractivity (Wildman–Crippen MR) is 61.6 cm³/mol. The van der Waals surface area contributed by atoms with Gasteiger partial charge in [-0.25, -0.2) is 4.98 Å². The van der Waals surface area contributed by atoms with E-state index in [1.165, 1.54) is 0 Å². The minimum Gasteiger partial charge on any atom is -0.508 e. The van der Waals surface area contributed by atoms with Crippen LogP contribution in [0.1, 0.15) is 31.2 Å². The number of phenols is 1. The Kier molecular flexibility index (Phi) is 2.35. The molecule has 1 aromatic carbocycles. The van der Waals surface area contributed by atoms with Crippen LogP contribution >= 0.6 is 11.6 Å². The number of H-pyrrole nitrogens is 1. The molecule has 15 heavy (non-hydrogen) atoms. The van der Waals surface area contributed by atoms with Crippen molar-refractivity contribution in [3.63, 3.8) is 0 Å². The summed E-state index contributed by atoms with van der Waals surface area (Å²) in [7, 11) is 0. The van der Waals surface area contributed by atoms with Gasteiger partial charge in [-0.1, -0.05) is 25.4 Å². The molecule has 0 bridgehead atoms. The molecular formula is C11H13ClN2O. The molecule has 0 aliphatic carbocycles. The summed E-state index contributed by atoms with van der Waals surface area (Å²) < 4.78 is 0. The van der Waals surface area contributed by atoms with Crippen molar-refractivity contribution in [2.45, 2.75) is 26.7 Å². The molecule has 0 amide bonds. The van der Waals surface area contributed by atoms with Crippen molar-refractivity contribution >= 4 is 22.6 Å². The first-order chi connectivity index (χ1) is 7.00. The fourth-order valence-electron chi connectivity index (χ4n) is 1.49. The zero-order chi connectivity index (χ0) is 11.2. The first-order valence-corrected chi connectivity index (χ1v) is 5.26. The van der Waals surface area contributed by atoms with E-state index in [1.54, 1.807) is 13.0 Å². The molecule has 2 rings (SSSR count). The van der Waals surface area contributed by atoms with Crippen LogP contribution in [0.15, 0.2) is 6.07 Å². The van der Waals surface area contributed by atoms with Crippen LogP contribution in [0.2, 0.25) is 5.02 Å². The Labute approximate surface area is 93.1 Å². The van der Waals surface area contributed by atoms with E-state index in [2.05, 4.69) is 23.8 Å². The van der Waals surface area contributed by atoms with Crippen LogP contribution in [0.3, 0.4) is 0 Å². The number of imidazole rings is 1. The SMILES string of the molecule is Cc1c(O)cc2[nH]c(C(C)C)nc2c1Cl. The maximum Gasteiger partial charge on any atom is 0.122 e. The number of hydrogen-bond acceptors (Lipinski definition) is 2. The van der Waals surface area contributed by atoms with Crippen molar-refractivity contribution < 1.29 is 5.11 Å². The number of halogens is 1. The molecule has 0 atom stereocenters. The van der Waals surface area contributed by atoms with E-state index in [1.807, 2.05) is 0 Å². The first kappa shape index (κ1) is 10.3. The second kappa shape index (κ2) is 3.42. The van der Waals surface area contributed by atoms with Crippen LogP contribution in [0, 0.1) is 6.92 Å². The van der Waals surface area contributed by atoms with Crippen molar-refractivity contribution in [3.8, 4) is 5.75 Å². The Balaban J connectivity index is 2.76. The molecule has 0 aliphatic rings. The highest BCUT2D eigenvalue weighted by atomic mass is 35.5. The van der Waals surface area contributed by atoms with Crippen molar-refractivity contribution in [2.75, 3.05) is 0 Å². The molecule has 80 valence electrons. The molecule has 0 radical (unpaired) electrons. The van der Waals surface area contributed by atoms with E-state index in [0.717, 1.165) is 16.9 Å². The molecule has 0 aliphatic heterocycles. The summed E-state index contributed by atoms with van der Waals surface area (Å²) in [6, 6.07) is 1.66. The molecule has 0 saturated carbocycles. The standard InChI is InChI=1S/C11H13ClN2O/c1-5(2)11-13-7-4-8(15)6(3)9(12)10(7)14-11/h4-5,15H,1-3H3,(H,13,14). The normalized spacial score (nSPS) is 11.5. The summed E-state index contributed by atoms with van der Waals surface area (Å²) in [5.74, 6) is 1.40. The van der Waals surface area contributed by atoms with Gasteiger partial charge in [-0.05, 0) is 6.92 Å². The van der Waals surface area contributed by atoms with Crippen LogP contribution < -0.4 is 0 Å². The smallest absolute Gasteiger partial charge is 0.122 e. The van der Waals surface area contributed by atoms with Gasteiger partial charge in [0.2, 0.25) is 0 Å². The zero-order valence-corrected chi connectivity index (χ0v) is 9.68. The number of nitrogens with one attached hydrogen (secondary N) is 1. The number of aromatic hydroxyl groups is 1. The number of nitrogens with zero attached hydrogens (tertiary/aromatic N) is 1. The first-order valence-electron chi connectivity index (χ1n) is 4.88. The Bertz CT molecular complexity index is 517. The van der Waals surface area contributed by atoms with Gasteiger partial charge in [0.1, 0.15) is 17.1 Å². The Morgan fingerprint density at radius 1 is 1.47 bits per heavy atom. The predicted octanol–water partition coefficient (Wildman–Crippen LogP) is 3.35. The van der Waals surface area contributed by atoms with Gasteiger partial charge >= 0.3 is 0 Å². The Morgan fingerprint density at radius 2 is 2.13 bits per heavy atom. The highest BCUT2D eigenvalue weighted by Crippen LogP contribution is 2.32. The van der Waals surface area contributed by atoms with Crippen molar-refractivity contribution in [3.05, 3.63) is 22.5 Å². The van der Waals surface area contributed by atoms with Crippen molar-refractivity contribution in [1.29, 1.82) is 0 Å². The minimum atomic E-state index is 0.200. The van der Waals surface area contributed by atoms with E-state index in [9.17, 15) is 5.11 Å². The molecule has 1 aromatic heterocycles. The fraction of sp³-hybridized carbons (Fsp3) is 0.364. The third kappa shape index (κ3) is 1.57. The molecule has 0 unspecified atom stereocenters. The number of aromatic nitrogens is 2. The molecule has 4 heteroatoms. The summed E-state index contributed by atoms with van der Waals surface area (Å²) >= 11 is 6.11. The van der Waals surface area contributed by atoms with E-state index >= 15 is 0 Å². The van der Waals surface area contributed by atoms with E-state index < -0.39 is 0 Å². The van der Waals surface area contributed by atoms with Gasteiger partial charge in [-0.2, -0.15) is 0 Å². The molecule has 0 saturated heterocycles. The molecule has 0 spiro atoms. The maximum atomic E-state index is 9.61. The molecule has 2 N–H and O–H groups in total. The number of aromatic amines is 1. The lowest BCUT2D eigenvalue weighted by Gasteiger charge is -2.00. The zero-order valence-electron chi connectivity index (χ0n) is 8.93. The van der Waals surface area contributed by atoms with E-state index in [-0.39, 0.29) is 5.75 Å². The van der Waals surface area contributed by atoms with Gasteiger partial charge < -0.3 is 10.1 Å². The number of hydrogen-bond donors (Lipinski definition) is 2. The third-order valence-electron chi connectivity index (χ3n) is 2.50. The van der Waals surface area contributed by atoms with Gasteiger partial charge in [0.05, 0.1) is 10.5 Å². The van der Waals surface area contributed by atoms with Gasteiger partial charge in [-0.3, -0.25) is 0 Å². The number of phenolic OH excluding ortho intramolecular Hbond substituents is 1. The van der Waals surface area contributed by atoms with Gasteiger partial charge in [0, 0.05) is 17.5 Å². The highest BCUT2D eigenvalue weighted by Gasteiger charge is 2.13. The quantitative estimate of drug-likeness (QED) is 0.781. The summed E-state index contributed by atoms with van der Waals surface area (Å²) in [6.45, 7) is 5.89. The number of fused-ring (bicyclic) bond motifs is 1. The molecular weight excluding hydrogens is 212 g/mol. The lowest BCUT2D eigenvalue weighted by Crippen LogP contribution is -1.88. The van der Waals surface area contributed by atoms with E-state index in [4.69, 9.17) is 11.6 Å². The third-order valence-corrected chi connectivity index (χ3v) is 2.96. The second-order valence-corrected chi connectivity index (χ2v) is 4.39. The van der Waals surface area contributed by atoms with Crippen LogP contribution in [0.4, 0.5) is 0 Å². The fourth-order valence-corrected chi connectivity index (χ4v) is 1.73. The van der Waals surface area contributed by atoms with Gasteiger partial charge in [0.15, 0.2) is 0 Å². The monoisotopic (exact) mass is 224 g/mol. The van der Waals surface area contributed by atoms with E-state index in [0.29, 0.717) is 16.5 Å². The lowest BCUT2D eigenvalue weighted by molar-refractivity contribution is 0.472. The average molecular weight is 225 g/mol. The number of rotatable bonds is 1. The van der Waals surface area contributed by atoms with Crippen molar-refractivity contribution in [1.82, 2.24) is 9.97 Å². The maximum absolute atomic E-state index is 9.61. The van der Waals surface area contributed by atoms with Crippen LogP contribution in [-0.2, 0) is 0 Å². The molecule has 0 fully saturated rings. The van der Waals surface area contributed by atoms with Crippen LogP contribution in [0.25, 0.3) is 11.0 Å². The summed E-state index contributed by atoms with van der Waals surface area (Å²) in [4.78, 5) is 7.56. The van der Waals surface area contributed by atoms with Crippen LogP contribution in [-0.4, -0.2) is 15.1 Å². The van der Waals surface area contributed by atoms with Crippen molar-refractivity contribution in [2.24, 2.45) is 0 Å². The topological polar surface area (TPSA) is 48.9 Å².